The van der Waals surface area contributed by atoms with E-state index in [1.807, 2.05) is 52.8 Å². The zero-order valence-electron chi connectivity index (χ0n) is 21.1. The van der Waals surface area contributed by atoms with Gasteiger partial charge in [-0.1, -0.05) is 32.1 Å². The highest BCUT2D eigenvalue weighted by molar-refractivity contribution is 5.58. The standard InChI is InChI=1S/C25H34N4O.C2H6/c1-7-9-20-15-17(3)23(18(4)16-20)30-24-19(5)22(10-8-2)27-25(28-24)26-21-11-13-29(6)14-12-21;1-2/h7-10,15-16,21H,11-14H2,1-6H3,(H,26,27,28);1-2H3/b9-7+,10-8-;. The number of aromatic nitrogens is 2. The minimum Gasteiger partial charge on any atom is -0.438 e. The van der Waals surface area contributed by atoms with E-state index in [2.05, 4.69) is 49.3 Å². The Morgan fingerprint density at radius 1 is 0.969 bits per heavy atom. The fourth-order valence-corrected chi connectivity index (χ4v) is 3.86. The molecule has 5 nitrogen and oxygen atoms in total. The van der Waals surface area contributed by atoms with Crippen molar-refractivity contribution in [3.8, 4) is 11.6 Å². The fourth-order valence-electron chi connectivity index (χ4n) is 3.86. The van der Waals surface area contributed by atoms with Crippen LogP contribution in [0, 0.1) is 20.8 Å². The molecular weight excluding hydrogens is 396 g/mol. The molecule has 32 heavy (non-hydrogen) atoms. The van der Waals surface area contributed by atoms with Crippen LogP contribution < -0.4 is 10.1 Å². The molecule has 174 valence electrons. The number of likely N-dealkylation sites (tertiary alicyclic amines) is 1. The Labute approximate surface area is 194 Å². The smallest absolute Gasteiger partial charge is 0.227 e. The minimum atomic E-state index is 0.388. The van der Waals surface area contributed by atoms with Gasteiger partial charge in [-0.15, -0.1) is 0 Å². The first-order valence-electron chi connectivity index (χ1n) is 11.8. The number of nitrogens with zero attached hydrogens (tertiary/aromatic N) is 3. The van der Waals surface area contributed by atoms with E-state index < -0.39 is 0 Å². The molecule has 0 bridgehead atoms. The molecule has 1 saturated heterocycles. The number of allylic oxidation sites excluding steroid dienone is 2. The molecule has 1 fully saturated rings. The number of aryl methyl sites for hydroxylation is 2. The lowest BCUT2D eigenvalue weighted by molar-refractivity contribution is 0.263. The lowest BCUT2D eigenvalue weighted by Crippen LogP contribution is -2.37. The summed E-state index contributed by atoms with van der Waals surface area (Å²) in [6, 6.07) is 4.67. The van der Waals surface area contributed by atoms with E-state index in [0.717, 1.165) is 54.1 Å². The number of hydrogen-bond acceptors (Lipinski definition) is 5. The molecule has 1 aromatic carbocycles. The molecule has 0 saturated carbocycles. The maximum atomic E-state index is 6.38. The SMILES string of the molecule is C/C=C\c1nc(NC2CCN(C)CC2)nc(Oc2c(C)cc(/C=C/C)cc2C)c1C.CC. The molecule has 5 heteroatoms. The van der Waals surface area contributed by atoms with Crippen molar-refractivity contribution >= 4 is 18.1 Å². The van der Waals surface area contributed by atoms with Crippen LogP contribution in [0.5, 0.6) is 11.6 Å². The van der Waals surface area contributed by atoms with Crippen molar-refractivity contribution in [2.45, 2.75) is 67.3 Å². The first-order valence-corrected chi connectivity index (χ1v) is 11.8. The quantitative estimate of drug-likeness (QED) is 0.540. The van der Waals surface area contributed by atoms with Gasteiger partial charge >= 0.3 is 0 Å². The first kappa shape index (κ1) is 25.6. The summed E-state index contributed by atoms with van der Waals surface area (Å²) in [4.78, 5) is 11.9. The number of nitrogens with one attached hydrogen (secondary N) is 1. The van der Waals surface area contributed by atoms with Crippen molar-refractivity contribution in [1.82, 2.24) is 14.9 Å². The van der Waals surface area contributed by atoms with Gasteiger partial charge in [-0.05, 0) is 102 Å². The molecule has 0 aliphatic carbocycles. The summed E-state index contributed by atoms with van der Waals surface area (Å²) >= 11 is 0. The second-order valence-electron chi connectivity index (χ2n) is 8.17. The van der Waals surface area contributed by atoms with Crippen LogP contribution in [-0.4, -0.2) is 41.0 Å². The van der Waals surface area contributed by atoms with Crippen molar-refractivity contribution < 1.29 is 4.74 Å². The number of piperidine rings is 1. The molecule has 3 rings (SSSR count). The van der Waals surface area contributed by atoms with Gasteiger partial charge in [-0.2, -0.15) is 4.98 Å². The molecule has 0 unspecified atom stereocenters. The Morgan fingerprint density at radius 2 is 1.56 bits per heavy atom. The van der Waals surface area contributed by atoms with Gasteiger partial charge in [0.25, 0.3) is 0 Å². The lowest BCUT2D eigenvalue weighted by atomic mass is 10.1. The van der Waals surface area contributed by atoms with Crippen LogP contribution in [-0.2, 0) is 0 Å². The third-order valence-electron chi connectivity index (χ3n) is 5.56. The maximum Gasteiger partial charge on any atom is 0.227 e. The number of anilines is 1. The highest BCUT2D eigenvalue weighted by Crippen LogP contribution is 2.32. The molecule has 1 aliphatic heterocycles. The third-order valence-corrected chi connectivity index (χ3v) is 5.56. The van der Waals surface area contributed by atoms with Gasteiger partial charge in [-0.3, -0.25) is 0 Å². The third kappa shape index (κ3) is 6.67. The van der Waals surface area contributed by atoms with Gasteiger partial charge in [0.05, 0.1) is 5.69 Å². The Hall–Kier alpha value is -2.66. The van der Waals surface area contributed by atoms with Crippen LogP contribution in [0.25, 0.3) is 12.2 Å². The van der Waals surface area contributed by atoms with Crippen molar-refractivity contribution in [2.75, 3.05) is 25.5 Å². The second-order valence-corrected chi connectivity index (χ2v) is 8.17. The molecule has 0 radical (unpaired) electrons. The summed E-state index contributed by atoms with van der Waals surface area (Å²) in [7, 11) is 2.17. The van der Waals surface area contributed by atoms with Crippen LogP contribution in [0.2, 0.25) is 0 Å². The van der Waals surface area contributed by atoms with Gasteiger partial charge in [-0.25, -0.2) is 4.98 Å². The molecular formula is C27H40N4O. The number of benzene rings is 1. The summed E-state index contributed by atoms with van der Waals surface area (Å²) in [5.41, 5.74) is 5.20. The minimum absolute atomic E-state index is 0.388. The number of ether oxygens (including phenoxy) is 1. The van der Waals surface area contributed by atoms with Crippen LogP contribution in [0.3, 0.4) is 0 Å². The molecule has 0 atom stereocenters. The summed E-state index contributed by atoms with van der Waals surface area (Å²) in [5, 5.41) is 3.54. The van der Waals surface area contributed by atoms with E-state index in [9.17, 15) is 0 Å². The van der Waals surface area contributed by atoms with E-state index >= 15 is 0 Å². The van der Waals surface area contributed by atoms with Crippen molar-refractivity contribution in [3.63, 3.8) is 0 Å². The average molecular weight is 437 g/mol. The predicted octanol–water partition coefficient (Wildman–Crippen LogP) is 6.79. The Bertz CT molecular complexity index is 918. The van der Waals surface area contributed by atoms with E-state index in [-0.39, 0.29) is 0 Å². The monoisotopic (exact) mass is 436 g/mol. The Kier molecular flexibility index (Phi) is 9.92. The highest BCUT2D eigenvalue weighted by atomic mass is 16.5. The Morgan fingerprint density at radius 3 is 2.12 bits per heavy atom. The zero-order chi connectivity index (χ0) is 23.7. The van der Waals surface area contributed by atoms with Gasteiger partial charge < -0.3 is 15.0 Å². The van der Waals surface area contributed by atoms with Crippen LogP contribution in [0.15, 0.2) is 24.3 Å². The normalized spacial score (nSPS) is 15.1. The van der Waals surface area contributed by atoms with Crippen LogP contribution in [0.1, 0.15) is 68.5 Å². The van der Waals surface area contributed by atoms with Crippen LogP contribution in [0.4, 0.5) is 5.95 Å². The van der Waals surface area contributed by atoms with Gasteiger partial charge in [0.1, 0.15) is 5.75 Å². The zero-order valence-corrected chi connectivity index (χ0v) is 21.1. The maximum absolute atomic E-state index is 6.38. The highest BCUT2D eigenvalue weighted by Gasteiger charge is 2.19. The van der Waals surface area contributed by atoms with Gasteiger partial charge in [0.2, 0.25) is 11.8 Å². The van der Waals surface area contributed by atoms with E-state index in [0.29, 0.717) is 17.9 Å². The summed E-state index contributed by atoms with van der Waals surface area (Å²) < 4.78 is 6.38. The Balaban J connectivity index is 0.00000176. The van der Waals surface area contributed by atoms with E-state index in [4.69, 9.17) is 14.7 Å². The van der Waals surface area contributed by atoms with E-state index in [1.54, 1.807) is 0 Å². The molecule has 0 spiro atoms. The van der Waals surface area contributed by atoms with Crippen molar-refractivity contribution in [2.24, 2.45) is 0 Å². The predicted molar refractivity (Wildman–Crippen MR) is 138 cm³/mol. The molecule has 1 aromatic heterocycles. The molecule has 0 amide bonds. The van der Waals surface area contributed by atoms with Gasteiger partial charge in [0.15, 0.2) is 0 Å². The fraction of sp³-hybridized carbons (Fsp3) is 0.481. The van der Waals surface area contributed by atoms with Crippen molar-refractivity contribution in [3.05, 3.63) is 52.2 Å². The molecule has 2 heterocycles. The second kappa shape index (κ2) is 12.4. The molecule has 1 aliphatic rings. The number of hydrogen-bond donors (Lipinski definition) is 1. The largest absolute Gasteiger partial charge is 0.438 e. The summed E-state index contributed by atoms with van der Waals surface area (Å²) in [5.74, 6) is 2.11. The van der Waals surface area contributed by atoms with Gasteiger partial charge in [0, 0.05) is 11.6 Å². The van der Waals surface area contributed by atoms with E-state index in [1.165, 1.54) is 5.56 Å². The van der Waals surface area contributed by atoms with Crippen LogP contribution >= 0.6 is 0 Å². The topological polar surface area (TPSA) is 50.3 Å². The summed E-state index contributed by atoms with van der Waals surface area (Å²) in [6.07, 6.45) is 10.3. The molecule has 2 aromatic rings. The lowest BCUT2D eigenvalue weighted by Gasteiger charge is -2.29. The average Bonchev–Trinajstić information content (AvgIpc) is 2.77. The summed E-state index contributed by atoms with van der Waals surface area (Å²) in [6.45, 7) is 16.4. The molecule has 1 N–H and O–H groups in total. The van der Waals surface area contributed by atoms with Crippen molar-refractivity contribution in [1.29, 1.82) is 0 Å². The number of rotatable bonds is 6. The first-order chi connectivity index (χ1) is 15.4.